The summed E-state index contributed by atoms with van der Waals surface area (Å²) < 4.78 is 0. The Balaban J connectivity index is 4.79. The molecule has 0 spiro atoms. The zero-order valence-electron chi connectivity index (χ0n) is 11.9. The summed E-state index contributed by atoms with van der Waals surface area (Å²) in [5.74, 6) is -0.208. The normalized spacial score (nSPS) is 13.9. The topological polar surface area (TPSA) is 40.6 Å². The highest BCUT2D eigenvalue weighted by Gasteiger charge is 2.28. The van der Waals surface area contributed by atoms with Gasteiger partial charge >= 0.3 is 0 Å². The number of carbonyl (C=O) groups excluding carboxylic acids is 2. The highest BCUT2D eigenvalue weighted by atomic mass is 32.1. The number of nitrogens with zero attached hydrogens (tertiary/aromatic N) is 2. The lowest BCUT2D eigenvalue weighted by atomic mass is 9.85. The van der Waals surface area contributed by atoms with Crippen LogP contribution in [-0.4, -0.2) is 41.7 Å². The first-order valence-electron chi connectivity index (χ1n) is 5.98. The first kappa shape index (κ1) is 17.1. The van der Waals surface area contributed by atoms with Gasteiger partial charge in [0.15, 0.2) is 5.11 Å². The zero-order valence-corrected chi connectivity index (χ0v) is 12.7. The summed E-state index contributed by atoms with van der Waals surface area (Å²) in [6.45, 7) is 9.29. The van der Waals surface area contributed by atoms with Crippen molar-refractivity contribution in [2.75, 3.05) is 7.05 Å². The smallest absolute Gasteiger partial charge is 0.241 e. The summed E-state index contributed by atoms with van der Waals surface area (Å²) >= 11 is 5.01. The standard InChI is InChI=1S/C12H21BN2O2S/c1-7(2)8(3)9(4)11(17)15(13)12(18)14(6)10(5)16/h7-9H,1-6H3. The van der Waals surface area contributed by atoms with Gasteiger partial charge in [0.25, 0.3) is 0 Å². The second-order valence-electron chi connectivity index (χ2n) is 4.96. The molecule has 18 heavy (non-hydrogen) atoms. The second kappa shape index (κ2) is 6.88. The van der Waals surface area contributed by atoms with Crippen LogP contribution in [0.3, 0.4) is 0 Å². The van der Waals surface area contributed by atoms with Crippen LogP contribution in [0.15, 0.2) is 0 Å². The molecule has 0 saturated carbocycles. The van der Waals surface area contributed by atoms with Gasteiger partial charge in [-0.1, -0.05) is 27.7 Å². The summed E-state index contributed by atoms with van der Waals surface area (Å²) in [5.41, 5.74) is 0. The maximum atomic E-state index is 12.1. The molecule has 0 bridgehead atoms. The molecule has 0 fully saturated rings. The van der Waals surface area contributed by atoms with Crippen LogP contribution in [-0.2, 0) is 9.59 Å². The van der Waals surface area contributed by atoms with Gasteiger partial charge in [0.1, 0.15) is 0 Å². The van der Waals surface area contributed by atoms with Crippen molar-refractivity contribution >= 4 is 37.1 Å². The van der Waals surface area contributed by atoms with E-state index in [4.69, 9.17) is 20.2 Å². The molecular weight excluding hydrogens is 247 g/mol. The molecule has 2 atom stereocenters. The molecule has 6 heteroatoms. The number of hydrogen-bond donors (Lipinski definition) is 0. The van der Waals surface area contributed by atoms with Crippen LogP contribution in [0.25, 0.3) is 0 Å². The Hall–Kier alpha value is -0.905. The van der Waals surface area contributed by atoms with E-state index in [1.54, 1.807) is 0 Å². The Labute approximate surface area is 116 Å². The van der Waals surface area contributed by atoms with E-state index in [2.05, 4.69) is 13.8 Å². The average molecular weight is 268 g/mol. The van der Waals surface area contributed by atoms with E-state index < -0.39 is 0 Å². The van der Waals surface area contributed by atoms with E-state index >= 15 is 0 Å². The van der Waals surface area contributed by atoms with Crippen molar-refractivity contribution in [1.29, 1.82) is 0 Å². The third kappa shape index (κ3) is 4.08. The molecule has 0 N–H and O–H groups in total. The van der Waals surface area contributed by atoms with Crippen LogP contribution >= 0.6 is 12.2 Å². The fourth-order valence-electron chi connectivity index (χ4n) is 1.41. The molecule has 0 aliphatic rings. The number of carbonyl (C=O) groups is 2. The van der Waals surface area contributed by atoms with Gasteiger partial charge in [-0.15, -0.1) is 0 Å². The third-order valence-electron chi connectivity index (χ3n) is 3.43. The van der Waals surface area contributed by atoms with Crippen molar-refractivity contribution in [2.24, 2.45) is 17.8 Å². The quantitative estimate of drug-likeness (QED) is 0.576. The fourth-order valence-corrected chi connectivity index (χ4v) is 1.63. The maximum Gasteiger partial charge on any atom is 0.241 e. The lowest BCUT2D eigenvalue weighted by Crippen LogP contribution is -2.47. The summed E-state index contributed by atoms with van der Waals surface area (Å²) in [6.07, 6.45) is 0. The van der Waals surface area contributed by atoms with Gasteiger partial charge < -0.3 is 4.81 Å². The predicted molar refractivity (Wildman–Crippen MR) is 76.8 cm³/mol. The lowest BCUT2D eigenvalue weighted by molar-refractivity contribution is -0.130. The van der Waals surface area contributed by atoms with Crippen LogP contribution in [0, 0.1) is 17.8 Å². The van der Waals surface area contributed by atoms with Crippen LogP contribution in [0.4, 0.5) is 0 Å². The molecule has 0 aromatic heterocycles. The van der Waals surface area contributed by atoms with Crippen molar-refractivity contribution in [3.05, 3.63) is 0 Å². The fraction of sp³-hybridized carbons (Fsp3) is 0.750. The molecule has 100 valence electrons. The molecule has 0 saturated heterocycles. The molecule has 0 aromatic carbocycles. The molecular formula is C12H21BN2O2S. The van der Waals surface area contributed by atoms with E-state index in [9.17, 15) is 9.59 Å². The van der Waals surface area contributed by atoms with Gasteiger partial charge in [-0.2, -0.15) is 0 Å². The van der Waals surface area contributed by atoms with Crippen molar-refractivity contribution < 1.29 is 9.59 Å². The molecule has 0 aliphatic carbocycles. The van der Waals surface area contributed by atoms with E-state index in [0.29, 0.717) is 5.92 Å². The monoisotopic (exact) mass is 268 g/mol. The number of amides is 2. The molecule has 0 heterocycles. The molecule has 2 amide bonds. The van der Waals surface area contributed by atoms with E-state index in [-0.39, 0.29) is 28.8 Å². The Morgan fingerprint density at radius 2 is 1.61 bits per heavy atom. The SMILES string of the molecule is [B]N(C(=O)C(C)C(C)C(C)C)C(=S)N(C)C(C)=O. The summed E-state index contributed by atoms with van der Waals surface area (Å²) in [6, 6.07) is 0. The average Bonchev–Trinajstić information content (AvgIpc) is 2.32. The van der Waals surface area contributed by atoms with Crippen molar-refractivity contribution in [1.82, 2.24) is 9.71 Å². The van der Waals surface area contributed by atoms with Crippen molar-refractivity contribution in [2.45, 2.75) is 34.6 Å². The largest absolute Gasteiger partial charge is 0.346 e. The minimum atomic E-state index is -0.269. The van der Waals surface area contributed by atoms with Gasteiger partial charge in [0.2, 0.25) is 19.8 Å². The van der Waals surface area contributed by atoms with E-state index in [1.165, 1.54) is 18.9 Å². The molecule has 2 radical (unpaired) electrons. The Morgan fingerprint density at radius 3 is 1.94 bits per heavy atom. The van der Waals surface area contributed by atoms with Crippen molar-refractivity contribution in [3.63, 3.8) is 0 Å². The third-order valence-corrected chi connectivity index (χ3v) is 3.90. The Kier molecular flexibility index (Phi) is 6.53. The van der Waals surface area contributed by atoms with Crippen LogP contribution in [0.5, 0.6) is 0 Å². The van der Waals surface area contributed by atoms with E-state index in [1.807, 2.05) is 13.8 Å². The van der Waals surface area contributed by atoms with Crippen LogP contribution < -0.4 is 0 Å². The van der Waals surface area contributed by atoms with Gasteiger partial charge in [-0.05, 0) is 24.1 Å². The molecule has 0 aromatic rings. The van der Waals surface area contributed by atoms with Gasteiger partial charge in [-0.3, -0.25) is 14.5 Å². The minimum absolute atomic E-state index is 0.0234. The van der Waals surface area contributed by atoms with Crippen LogP contribution in [0.1, 0.15) is 34.6 Å². The summed E-state index contributed by atoms with van der Waals surface area (Å²) in [4.78, 5) is 25.4. The Bertz CT molecular complexity index is 347. The first-order valence-corrected chi connectivity index (χ1v) is 6.39. The number of thiocarbonyl (C=S) groups is 1. The van der Waals surface area contributed by atoms with E-state index in [0.717, 1.165) is 4.81 Å². The van der Waals surface area contributed by atoms with Crippen LogP contribution in [0.2, 0.25) is 0 Å². The number of hydrogen-bond acceptors (Lipinski definition) is 3. The minimum Gasteiger partial charge on any atom is -0.346 e. The molecule has 0 aliphatic heterocycles. The Morgan fingerprint density at radius 1 is 1.17 bits per heavy atom. The molecule has 2 unspecified atom stereocenters. The summed E-state index contributed by atoms with van der Waals surface area (Å²) in [7, 11) is 7.18. The zero-order chi connectivity index (χ0) is 14.6. The predicted octanol–water partition coefficient (Wildman–Crippen LogP) is 1.59. The van der Waals surface area contributed by atoms with Crippen molar-refractivity contribution in [3.8, 4) is 0 Å². The second-order valence-corrected chi connectivity index (χ2v) is 5.33. The molecule has 4 nitrogen and oxygen atoms in total. The molecule has 0 rings (SSSR count). The highest BCUT2D eigenvalue weighted by Crippen LogP contribution is 2.21. The highest BCUT2D eigenvalue weighted by molar-refractivity contribution is 7.80. The lowest BCUT2D eigenvalue weighted by Gasteiger charge is -2.30. The summed E-state index contributed by atoms with van der Waals surface area (Å²) in [5, 5.41) is 0.0234. The van der Waals surface area contributed by atoms with Gasteiger partial charge in [-0.25, -0.2) is 0 Å². The first-order chi connectivity index (χ1) is 8.11. The van der Waals surface area contributed by atoms with Gasteiger partial charge in [0.05, 0.1) is 0 Å². The van der Waals surface area contributed by atoms with Gasteiger partial charge in [0, 0.05) is 19.9 Å². The number of rotatable bonds is 3. The maximum absolute atomic E-state index is 12.1.